The van der Waals surface area contributed by atoms with Gasteiger partial charge in [-0.2, -0.15) is 5.26 Å². The molecule has 1 aromatic rings. The number of hydrogen-bond donors (Lipinski definition) is 0. The highest BCUT2D eigenvalue weighted by Gasteiger charge is 2.25. The van der Waals surface area contributed by atoms with E-state index >= 15 is 0 Å². The van der Waals surface area contributed by atoms with Crippen molar-refractivity contribution in [2.45, 2.75) is 38.6 Å². The van der Waals surface area contributed by atoms with Gasteiger partial charge >= 0.3 is 0 Å². The molecule has 1 aromatic carbocycles. The topological polar surface area (TPSA) is 27.0 Å². The molecule has 0 saturated carbocycles. The van der Waals surface area contributed by atoms with Gasteiger partial charge in [0.05, 0.1) is 12.0 Å². The Morgan fingerprint density at radius 3 is 2.67 bits per heavy atom. The summed E-state index contributed by atoms with van der Waals surface area (Å²) in [5.41, 5.74) is 1.14. The van der Waals surface area contributed by atoms with E-state index in [1.54, 1.807) is 0 Å². The molecule has 1 heterocycles. The Hall–Kier alpha value is -1.33. The minimum absolute atomic E-state index is 0.00190. The van der Waals surface area contributed by atoms with Crippen molar-refractivity contribution in [1.82, 2.24) is 4.90 Å². The third-order valence-corrected chi connectivity index (χ3v) is 4.05. The van der Waals surface area contributed by atoms with Crippen molar-refractivity contribution < 1.29 is 0 Å². The molecule has 0 radical (unpaired) electrons. The van der Waals surface area contributed by atoms with Gasteiger partial charge in [-0.3, -0.25) is 4.90 Å². The number of benzene rings is 1. The Balaban J connectivity index is 2.01. The molecule has 1 aliphatic rings. The second kappa shape index (κ2) is 6.02. The number of piperidine rings is 1. The fraction of sp³-hybridized carbons (Fsp3) is 0.562. The van der Waals surface area contributed by atoms with Crippen molar-refractivity contribution in [2.75, 3.05) is 13.1 Å². The predicted molar refractivity (Wildman–Crippen MR) is 74.2 cm³/mol. The first-order chi connectivity index (χ1) is 8.70. The number of likely N-dealkylation sites (tertiary alicyclic amines) is 1. The summed E-state index contributed by atoms with van der Waals surface area (Å²) >= 11 is 0. The van der Waals surface area contributed by atoms with E-state index in [0.29, 0.717) is 6.04 Å². The molecule has 2 nitrogen and oxygen atoms in total. The number of nitriles is 1. The lowest BCUT2D eigenvalue weighted by atomic mass is 9.91. The highest BCUT2D eigenvalue weighted by molar-refractivity contribution is 5.25. The lowest BCUT2D eigenvalue weighted by Gasteiger charge is -2.37. The van der Waals surface area contributed by atoms with E-state index in [9.17, 15) is 5.26 Å². The summed E-state index contributed by atoms with van der Waals surface area (Å²) in [5.74, 6) is 0.829. The minimum atomic E-state index is 0.00190. The lowest BCUT2D eigenvalue weighted by Crippen LogP contribution is -2.42. The second-order valence-electron chi connectivity index (χ2n) is 5.57. The Morgan fingerprint density at radius 1 is 1.33 bits per heavy atom. The average Bonchev–Trinajstić information content (AvgIpc) is 2.39. The van der Waals surface area contributed by atoms with Crippen LogP contribution in [0, 0.1) is 17.2 Å². The van der Waals surface area contributed by atoms with Crippen LogP contribution in [-0.4, -0.2) is 24.0 Å². The molecule has 18 heavy (non-hydrogen) atoms. The molecule has 2 heteroatoms. The minimum Gasteiger partial charge on any atom is -0.299 e. The van der Waals surface area contributed by atoms with Gasteiger partial charge in [-0.15, -0.1) is 0 Å². The van der Waals surface area contributed by atoms with E-state index in [1.165, 1.54) is 12.8 Å². The van der Waals surface area contributed by atoms with E-state index in [1.807, 2.05) is 18.2 Å². The molecule has 0 bridgehead atoms. The SMILES string of the molecule is CC1CCN(CC(C#N)c2ccccc2)C(C)C1. The zero-order valence-electron chi connectivity index (χ0n) is 11.3. The molecule has 0 aromatic heterocycles. The molecule has 1 fully saturated rings. The van der Waals surface area contributed by atoms with Gasteiger partial charge in [-0.1, -0.05) is 37.3 Å². The van der Waals surface area contributed by atoms with Crippen LogP contribution in [0.1, 0.15) is 38.2 Å². The van der Waals surface area contributed by atoms with Crippen LogP contribution in [0.15, 0.2) is 30.3 Å². The maximum absolute atomic E-state index is 9.37. The van der Waals surface area contributed by atoms with Crippen molar-refractivity contribution in [2.24, 2.45) is 5.92 Å². The third-order valence-electron chi connectivity index (χ3n) is 4.05. The van der Waals surface area contributed by atoms with Crippen LogP contribution in [0.25, 0.3) is 0 Å². The van der Waals surface area contributed by atoms with E-state index in [-0.39, 0.29) is 5.92 Å². The number of hydrogen-bond acceptors (Lipinski definition) is 2. The Kier molecular flexibility index (Phi) is 4.38. The van der Waals surface area contributed by atoms with E-state index < -0.39 is 0 Å². The molecular formula is C16H22N2. The first-order valence-electron chi connectivity index (χ1n) is 6.89. The standard InChI is InChI=1S/C16H22N2/c1-13-8-9-18(14(2)10-13)12-16(11-17)15-6-4-3-5-7-15/h3-7,13-14,16H,8-10,12H2,1-2H3. The first kappa shape index (κ1) is 13.1. The van der Waals surface area contributed by atoms with Crippen molar-refractivity contribution >= 4 is 0 Å². The van der Waals surface area contributed by atoms with Gasteiger partial charge in [0.2, 0.25) is 0 Å². The predicted octanol–water partition coefficient (Wildman–Crippen LogP) is 3.41. The van der Waals surface area contributed by atoms with Crippen molar-refractivity contribution in [3.63, 3.8) is 0 Å². The fourth-order valence-electron chi connectivity index (χ4n) is 2.87. The Labute approximate surface area is 110 Å². The molecule has 0 spiro atoms. The summed E-state index contributed by atoms with van der Waals surface area (Å²) in [5, 5.41) is 9.37. The zero-order chi connectivity index (χ0) is 13.0. The Morgan fingerprint density at radius 2 is 2.06 bits per heavy atom. The van der Waals surface area contributed by atoms with Crippen LogP contribution in [0.3, 0.4) is 0 Å². The molecule has 3 unspecified atom stereocenters. The maximum Gasteiger partial charge on any atom is 0.0839 e. The molecule has 0 amide bonds. The van der Waals surface area contributed by atoms with Gasteiger partial charge in [-0.05, 0) is 37.8 Å². The van der Waals surface area contributed by atoms with Crippen molar-refractivity contribution in [1.29, 1.82) is 5.26 Å². The molecule has 96 valence electrons. The van der Waals surface area contributed by atoms with Gasteiger partial charge in [-0.25, -0.2) is 0 Å². The molecular weight excluding hydrogens is 220 g/mol. The molecule has 2 rings (SSSR count). The highest BCUT2D eigenvalue weighted by Crippen LogP contribution is 2.25. The largest absolute Gasteiger partial charge is 0.299 e. The average molecular weight is 242 g/mol. The highest BCUT2D eigenvalue weighted by atomic mass is 15.2. The van der Waals surface area contributed by atoms with Gasteiger partial charge in [0.25, 0.3) is 0 Å². The molecule has 3 atom stereocenters. The third kappa shape index (κ3) is 3.11. The van der Waals surface area contributed by atoms with Crippen LogP contribution in [-0.2, 0) is 0 Å². The molecule has 1 aliphatic heterocycles. The first-order valence-corrected chi connectivity index (χ1v) is 6.89. The van der Waals surface area contributed by atoms with E-state index in [4.69, 9.17) is 0 Å². The summed E-state index contributed by atoms with van der Waals surface area (Å²) in [6.45, 7) is 6.61. The summed E-state index contributed by atoms with van der Waals surface area (Å²) in [7, 11) is 0. The van der Waals surface area contributed by atoms with Crippen LogP contribution in [0.5, 0.6) is 0 Å². The summed E-state index contributed by atoms with van der Waals surface area (Å²) in [6, 6.07) is 13.2. The van der Waals surface area contributed by atoms with Gasteiger partial charge in [0.1, 0.15) is 0 Å². The lowest BCUT2D eigenvalue weighted by molar-refractivity contribution is 0.127. The normalized spacial score (nSPS) is 26.5. The van der Waals surface area contributed by atoms with Crippen LogP contribution < -0.4 is 0 Å². The Bertz CT molecular complexity index is 407. The summed E-state index contributed by atoms with van der Waals surface area (Å²) in [6.07, 6.45) is 2.52. The summed E-state index contributed by atoms with van der Waals surface area (Å²) in [4.78, 5) is 2.47. The quantitative estimate of drug-likeness (QED) is 0.812. The van der Waals surface area contributed by atoms with Crippen LogP contribution >= 0.6 is 0 Å². The number of rotatable bonds is 3. The zero-order valence-corrected chi connectivity index (χ0v) is 11.3. The van der Waals surface area contributed by atoms with E-state index in [2.05, 4.69) is 36.9 Å². The van der Waals surface area contributed by atoms with Crippen molar-refractivity contribution in [3.8, 4) is 6.07 Å². The van der Waals surface area contributed by atoms with Gasteiger partial charge in [0, 0.05) is 12.6 Å². The van der Waals surface area contributed by atoms with Crippen LogP contribution in [0.4, 0.5) is 0 Å². The second-order valence-corrected chi connectivity index (χ2v) is 5.57. The smallest absolute Gasteiger partial charge is 0.0839 e. The maximum atomic E-state index is 9.37. The monoisotopic (exact) mass is 242 g/mol. The van der Waals surface area contributed by atoms with Gasteiger partial charge in [0.15, 0.2) is 0 Å². The fourth-order valence-corrected chi connectivity index (χ4v) is 2.87. The number of nitrogens with zero attached hydrogens (tertiary/aromatic N) is 2. The van der Waals surface area contributed by atoms with E-state index in [0.717, 1.165) is 24.6 Å². The van der Waals surface area contributed by atoms with Crippen LogP contribution in [0.2, 0.25) is 0 Å². The van der Waals surface area contributed by atoms with Gasteiger partial charge < -0.3 is 0 Å². The van der Waals surface area contributed by atoms with Crippen molar-refractivity contribution in [3.05, 3.63) is 35.9 Å². The molecule has 0 aliphatic carbocycles. The molecule has 1 saturated heterocycles. The molecule has 0 N–H and O–H groups in total. The summed E-state index contributed by atoms with van der Waals surface area (Å²) < 4.78 is 0.